The Kier molecular flexibility index (Phi) is 3.46. The zero-order chi connectivity index (χ0) is 11.4. The standard InChI is InChI=1S/C11H11FN2OS/c1-8-3-2-4-9(7-8)10-11(14-16-13-10)15-6-5-12/h2-4,7H,5-6H2,1H3. The van der Waals surface area contributed by atoms with E-state index < -0.39 is 6.67 Å². The molecule has 0 radical (unpaired) electrons. The highest BCUT2D eigenvalue weighted by Gasteiger charge is 2.11. The smallest absolute Gasteiger partial charge is 0.254 e. The second kappa shape index (κ2) is 5.03. The maximum absolute atomic E-state index is 12.0. The van der Waals surface area contributed by atoms with Crippen LogP contribution in [0.5, 0.6) is 5.88 Å². The van der Waals surface area contributed by atoms with Crippen LogP contribution in [0.2, 0.25) is 0 Å². The Morgan fingerprint density at radius 2 is 2.25 bits per heavy atom. The summed E-state index contributed by atoms with van der Waals surface area (Å²) < 4.78 is 25.4. The Morgan fingerprint density at radius 3 is 3.00 bits per heavy atom. The van der Waals surface area contributed by atoms with Gasteiger partial charge in [-0.25, -0.2) is 4.39 Å². The SMILES string of the molecule is Cc1cccc(-c2nsnc2OCCF)c1. The van der Waals surface area contributed by atoms with E-state index in [9.17, 15) is 4.39 Å². The van der Waals surface area contributed by atoms with E-state index in [1.807, 2.05) is 31.2 Å². The lowest BCUT2D eigenvalue weighted by atomic mass is 10.1. The number of aryl methyl sites for hydroxylation is 1. The molecule has 1 aromatic heterocycles. The molecule has 0 unspecified atom stereocenters. The summed E-state index contributed by atoms with van der Waals surface area (Å²) in [6.45, 7) is 1.50. The Labute approximate surface area is 97.2 Å². The molecular formula is C11H11FN2OS. The van der Waals surface area contributed by atoms with Crippen LogP contribution in [-0.4, -0.2) is 22.0 Å². The van der Waals surface area contributed by atoms with E-state index in [0.29, 0.717) is 11.6 Å². The van der Waals surface area contributed by atoms with E-state index in [0.717, 1.165) is 22.9 Å². The van der Waals surface area contributed by atoms with Crippen molar-refractivity contribution in [1.29, 1.82) is 0 Å². The molecule has 5 heteroatoms. The minimum atomic E-state index is -0.523. The van der Waals surface area contributed by atoms with Crippen molar-refractivity contribution in [2.24, 2.45) is 0 Å². The number of aromatic nitrogens is 2. The Morgan fingerprint density at radius 1 is 1.38 bits per heavy atom. The zero-order valence-corrected chi connectivity index (χ0v) is 9.63. The van der Waals surface area contributed by atoms with Crippen LogP contribution in [0.25, 0.3) is 11.3 Å². The first kappa shape index (κ1) is 11.0. The average Bonchev–Trinajstić information content (AvgIpc) is 2.74. The molecule has 2 aromatic rings. The zero-order valence-electron chi connectivity index (χ0n) is 8.81. The second-order valence-electron chi connectivity index (χ2n) is 3.32. The van der Waals surface area contributed by atoms with E-state index in [4.69, 9.17) is 4.74 Å². The number of hydrogen-bond donors (Lipinski definition) is 0. The number of benzene rings is 1. The third-order valence-corrected chi connectivity index (χ3v) is 2.58. The van der Waals surface area contributed by atoms with E-state index in [1.165, 1.54) is 0 Å². The van der Waals surface area contributed by atoms with Gasteiger partial charge < -0.3 is 4.74 Å². The van der Waals surface area contributed by atoms with Crippen LogP contribution < -0.4 is 4.74 Å². The number of ether oxygens (including phenoxy) is 1. The van der Waals surface area contributed by atoms with E-state index in [-0.39, 0.29) is 6.61 Å². The maximum Gasteiger partial charge on any atom is 0.254 e. The highest BCUT2D eigenvalue weighted by Crippen LogP contribution is 2.28. The topological polar surface area (TPSA) is 35.0 Å². The third-order valence-electron chi connectivity index (χ3n) is 2.07. The minimum absolute atomic E-state index is 0.0181. The summed E-state index contributed by atoms with van der Waals surface area (Å²) in [5, 5.41) is 0. The summed E-state index contributed by atoms with van der Waals surface area (Å²) in [6.07, 6.45) is 0. The minimum Gasteiger partial charge on any atom is -0.473 e. The Hall–Kier alpha value is -1.49. The molecule has 1 aromatic carbocycles. The fourth-order valence-corrected chi connectivity index (χ4v) is 1.90. The van der Waals surface area contributed by atoms with Crippen molar-refractivity contribution in [3.8, 4) is 17.1 Å². The van der Waals surface area contributed by atoms with Crippen LogP contribution in [0, 0.1) is 6.92 Å². The van der Waals surface area contributed by atoms with Gasteiger partial charge in [0.15, 0.2) is 0 Å². The normalized spacial score (nSPS) is 10.4. The number of rotatable bonds is 4. The summed E-state index contributed by atoms with van der Waals surface area (Å²) >= 11 is 1.07. The molecule has 0 atom stereocenters. The average molecular weight is 238 g/mol. The summed E-state index contributed by atoms with van der Waals surface area (Å²) in [6, 6.07) is 7.89. The predicted octanol–water partition coefficient (Wildman–Crippen LogP) is 2.86. The third kappa shape index (κ3) is 2.36. The first-order valence-electron chi connectivity index (χ1n) is 4.89. The van der Waals surface area contributed by atoms with Crippen LogP contribution in [-0.2, 0) is 0 Å². The van der Waals surface area contributed by atoms with Gasteiger partial charge in [-0.05, 0) is 13.0 Å². The van der Waals surface area contributed by atoms with Crippen LogP contribution in [0.15, 0.2) is 24.3 Å². The van der Waals surface area contributed by atoms with Gasteiger partial charge in [0.2, 0.25) is 0 Å². The van der Waals surface area contributed by atoms with Crippen LogP contribution in [0.4, 0.5) is 4.39 Å². The van der Waals surface area contributed by atoms with Gasteiger partial charge in [0, 0.05) is 5.56 Å². The number of halogens is 1. The highest BCUT2D eigenvalue weighted by molar-refractivity contribution is 6.99. The summed E-state index contributed by atoms with van der Waals surface area (Å²) in [4.78, 5) is 0. The number of hydrogen-bond acceptors (Lipinski definition) is 4. The van der Waals surface area contributed by atoms with Crippen molar-refractivity contribution >= 4 is 11.7 Å². The molecule has 0 aliphatic carbocycles. The van der Waals surface area contributed by atoms with E-state index >= 15 is 0 Å². The van der Waals surface area contributed by atoms with Gasteiger partial charge in [-0.15, -0.1) is 4.37 Å². The lowest BCUT2D eigenvalue weighted by molar-refractivity contribution is 0.267. The van der Waals surface area contributed by atoms with Crippen LogP contribution in [0.1, 0.15) is 5.56 Å². The van der Waals surface area contributed by atoms with Gasteiger partial charge in [0.05, 0.1) is 11.7 Å². The first-order valence-corrected chi connectivity index (χ1v) is 5.62. The molecule has 0 saturated heterocycles. The van der Waals surface area contributed by atoms with E-state index in [1.54, 1.807) is 0 Å². The molecule has 0 aliphatic heterocycles. The highest BCUT2D eigenvalue weighted by atomic mass is 32.1. The molecule has 16 heavy (non-hydrogen) atoms. The molecule has 0 amide bonds. The molecule has 0 N–H and O–H groups in total. The van der Waals surface area contributed by atoms with Gasteiger partial charge in [0.1, 0.15) is 19.0 Å². The molecule has 2 rings (SSSR count). The van der Waals surface area contributed by atoms with Crippen LogP contribution >= 0.6 is 11.7 Å². The van der Waals surface area contributed by atoms with E-state index in [2.05, 4.69) is 8.75 Å². The molecule has 0 saturated carbocycles. The molecule has 0 aliphatic rings. The second-order valence-corrected chi connectivity index (χ2v) is 3.85. The van der Waals surface area contributed by atoms with Crippen LogP contribution in [0.3, 0.4) is 0 Å². The summed E-state index contributed by atoms with van der Waals surface area (Å²) in [5.74, 6) is 0.410. The monoisotopic (exact) mass is 238 g/mol. The molecule has 1 heterocycles. The summed E-state index contributed by atoms with van der Waals surface area (Å²) in [5.41, 5.74) is 2.77. The van der Waals surface area contributed by atoms with Gasteiger partial charge in [0.25, 0.3) is 5.88 Å². The van der Waals surface area contributed by atoms with Crippen molar-refractivity contribution in [1.82, 2.24) is 8.75 Å². The molecule has 0 fully saturated rings. The lowest BCUT2D eigenvalue weighted by Crippen LogP contribution is -1.99. The van der Waals surface area contributed by atoms with Gasteiger partial charge in [-0.3, -0.25) is 0 Å². The number of alkyl halides is 1. The molecule has 0 spiro atoms. The largest absolute Gasteiger partial charge is 0.473 e. The van der Waals surface area contributed by atoms with Crippen molar-refractivity contribution in [2.75, 3.05) is 13.3 Å². The Balaban J connectivity index is 2.29. The van der Waals surface area contributed by atoms with Gasteiger partial charge >= 0.3 is 0 Å². The lowest BCUT2D eigenvalue weighted by Gasteiger charge is -2.02. The Bertz CT molecular complexity index is 473. The van der Waals surface area contributed by atoms with Crippen molar-refractivity contribution in [2.45, 2.75) is 6.92 Å². The fraction of sp³-hybridized carbons (Fsp3) is 0.273. The number of nitrogens with zero attached hydrogens (tertiary/aromatic N) is 2. The predicted molar refractivity (Wildman–Crippen MR) is 61.6 cm³/mol. The van der Waals surface area contributed by atoms with Crippen molar-refractivity contribution in [3.05, 3.63) is 29.8 Å². The molecule has 84 valence electrons. The fourth-order valence-electron chi connectivity index (χ4n) is 1.38. The summed E-state index contributed by atoms with van der Waals surface area (Å²) in [7, 11) is 0. The quantitative estimate of drug-likeness (QED) is 0.821. The van der Waals surface area contributed by atoms with Crippen molar-refractivity contribution in [3.63, 3.8) is 0 Å². The molecule has 0 bridgehead atoms. The molecular weight excluding hydrogens is 227 g/mol. The van der Waals surface area contributed by atoms with Crippen molar-refractivity contribution < 1.29 is 9.13 Å². The first-order chi connectivity index (χ1) is 7.81. The molecule has 3 nitrogen and oxygen atoms in total. The maximum atomic E-state index is 12.0. The van der Waals surface area contributed by atoms with Gasteiger partial charge in [-0.2, -0.15) is 4.37 Å². The van der Waals surface area contributed by atoms with Gasteiger partial charge in [-0.1, -0.05) is 23.8 Å².